The van der Waals surface area contributed by atoms with Crippen LogP contribution in [0.4, 0.5) is 0 Å². The van der Waals surface area contributed by atoms with Gasteiger partial charge in [-0.3, -0.25) is 4.79 Å². The largest absolute Gasteiger partial charge is 0.453 e. The molecule has 0 bridgehead atoms. The SMILES string of the molecule is CSc1ncc(Cl)c(C(=O)OCC(=O)c2cc(C)n(C3CCS(=O)(=O)C3)c2C)n1. The molecule has 156 valence electrons. The maximum absolute atomic E-state index is 12.6. The van der Waals surface area contributed by atoms with E-state index in [-0.39, 0.29) is 34.0 Å². The summed E-state index contributed by atoms with van der Waals surface area (Å²) in [4.78, 5) is 32.9. The van der Waals surface area contributed by atoms with Crippen LogP contribution in [0, 0.1) is 13.8 Å². The first-order valence-corrected chi connectivity index (χ1v) is 12.2. The van der Waals surface area contributed by atoms with Crippen LogP contribution in [0.2, 0.25) is 5.02 Å². The molecular weight excluding hydrogens is 438 g/mol. The molecule has 0 spiro atoms. The summed E-state index contributed by atoms with van der Waals surface area (Å²) in [6.07, 6.45) is 3.58. The van der Waals surface area contributed by atoms with Gasteiger partial charge in [0.25, 0.3) is 0 Å². The Morgan fingerprint density at radius 2 is 2.10 bits per heavy atom. The van der Waals surface area contributed by atoms with Crippen LogP contribution in [0.5, 0.6) is 0 Å². The lowest BCUT2D eigenvalue weighted by molar-refractivity contribution is 0.0467. The molecule has 0 aromatic carbocycles. The molecule has 0 N–H and O–H groups in total. The lowest BCUT2D eigenvalue weighted by Gasteiger charge is -2.16. The second-order valence-electron chi connectivity index (χ2n) is 6.76. The fourth-order valence-electron chi connectivity index (χ4n) is 3.47. The number of aromatic nitrogens is 3. The van der Waals surface area contributed by atoms with Gasteiger partial charge in [0.15, 0.2) is 27.3 Å². The van der Waals surface area contributed by atoms with E-state index < -0.39 is 22.4 Å². The Hall–Kier alpha value is -1.91. The Morgan fingerprint density at radius 3 is 2.72 bits per heavy atom. The predicted octanol–water partition coefficient (Wildman–Crippen LogP) is 2.67. The quantitative estimate of drug-likeness (QED) is 0.282. The number of halogens is 1. The minimum atomic E-state index is -3.05. The molecule has 8 nitrogen and oxygen atoms in total. The average Bonchev–Trinajstić information content (AvgIpc) is 3.17. The number of nitrogens with zero attached hydrogens (tertiary/aromatic N) is 3. The number of hydrogen-bond acceptors (Lipinski definition) is 8. The monoisotopic (exact) mass is 457 g/mol. The van der Waals surface area contributed by atoms with E-state index in [1.54, 1.807) is 19.2 Å². The number of ether oxygens (including phenoxy) is 1. The lowest BCUT2D eigenvalue weighted by atomic mass is 10.1. The van der Waals surface area contributed by atoms with E-state index >= 15 is 0 Å². The molecule has 0 amide bonds. The minimum absolute atomic E-state index is 0.0425. The Labute approximate surface area is 177 Å². The molecule has 1 atom stereocenters. The van der Waals surface area contributed by atoms with Crippen molar-refractivity contribution >= 4 is 45.0 Å². The van der Waals surface area contributed by atoms with Crippen LogP contribution in [-0.2, 0) is 14.6 Å². The van der Waals surface area contributed by atoms with Crippen molar-refractivity contribution in [3.8, 4) is 0 Å². The van der Waals surface area contributed by atoms with Crippen molar-refractivity contribution in [3.63, 3.8) is 0 Å². The topological polar surface area (TPSA) is 108 Å². The van der Waals surface area contributed by atoms with Gasteiger partial charge in [0.1, 0.15) is 0 Å². The predicted molar refractivity (Wildman–Crippen MR) is 110 cm³/mol. The third-order valence-electron chi connectivity index (χ3n) is 4.79. The van der Waals surface area contributed by atoms with E-state index in [1.165, 1.54) is 18.0 Å². The first-order chi connectivity index (χ1) is 13.6. The number of esters is 1. The second-order valence-corrected chi connectivity index (χ2v) is 10.2. The third-order valence-corrected chi connectivity index (χ3v) is 7.38. The Morgan fingerprint density at radius 1 is 1.38 bits per heavy atom. The molecule has 1 fully saturated rings. The number of Topliss-reactive ketones (excluding diaryl/α,β-unsaturated/α-hetero) is 1. The molecule has 3 rings (SSSR count). The van der Waals surface area contributed by atoms with Crippen molar-refractivity contribution in [3.05, 3.63) is 39.9 Å². The molecule has 0 radical (unpaired) electrons. The standard InChI is InChI=1S/C18H20ClN3O5S2/c1-10-6-13(11(2)22(10)12-4-5-29(25,26)9-12)15(23)8-27-17(24)16-14(19)7-20-18(21-16)28-3/h6-7,12H,4-5,8-9H2,1-3H3. The van der Waals surface area contributed by atoms with E-state index in [4.69, 9.17) is 16.3 Å². The van der Waals surface area contributed by atoms with Crippen molar-refractivity contribution in [1.29, 1.82) is 0 Å². The van der Waals surface area contributed by atoms with Crippen molar-refractivity contribution in [2.24, 2.45) is 0 Å². The van der Waals surface area contributed by atoms with Gasteiger partial charge in [0, 0.05) is 23.0 Å². The normalized spacial score (nSPS) is 18.0. The molecular formula is C18H20ClN3O5S2. The third kappa shape index (κ3) is 4.65. The summed E-state index contributed by atoms with van der Waals surface area (Å²) in [6, 6.07) is 1.51. The van der Waals surface area contributed by atoms with E-state index in [0.29, 0.717) is 22.8 Å². The van der Waals surface area contributed by atoms with Crippen LogP contribution >= 0.6 is 23.4 Å². The van der Waals surface area contributed by atoms with Gasteiger partial charge in [-0.1, -0.05) is 23.4 Å². The summed E-state index contributed by atoms with van der Waals surface area (Å²) < 4.78 is 30.6. The highest BCUT2D eigenvalue weighted by atomic mass is 35.5. The molecule has 1 saturated heterocycles. The van der Waals surface area contributed by atoms with Crippen molar-refractivity contribution in [2.75, 3.05) is 24.4 Å². The number of carbonyl (C=O) groups excluding carboxylic acids is 2. The summed E-state index contributed by atoms with van der Waals surface area (Å²) >= 11 is 7.20. The van der Waals surface area contributed by atoms with Gasteiger partial charge in [-0.05, 0) is 32.6 Å². The summed E-state index contributed by atoms with van der Waals surface area (Å²) in [7, 11) is -3.05. The van der Waals surface area contributed by atoms with Crippen LogP contribution in [0.1, 0.15) is 44.7 Å². The van der Waals surface area contributed by atoms with Crippen molar-refractivity contribution < 1.29 is 22.7 Å². The van der Waals surface area contributed by atoms with Gasteiger partial charge in [0.2, 0.25) is 5.78 Å². The second kappa shape index (κ2) is 8.45. The van der Waals surface area contributed by atoms with Crippen LogP contribution < -0.4 is 0 Å². The number of ketones is 1. The maximum Gasteiger partial charge on any atom is 0.359 e. The van der Waals surface area contributed by atoms with Gasteiger partial charge in [-0.25, -0.2) is 23.2 Å². The zero-order valence-electron chi connectivity index (χ0n) is 16.1. The van der Waals surface area contributed by atoms with E-state index in [2.05, 4.69) is 9.97 Å². The fourth-order valence-corrected chi connectivity index (χ4v) is 5.68. The van der Waals surface area contributed by atoms with E-state index in [9.17, 15) is 18.0 Å². The van der Waals surface area contributed by atoms with Crippen molar-refractivity contribution in [2.45, 2.75) is 31.5 Å². The fraction of sp³-hybridized carbons (Fsp3) is 0.444. The Kier molecular flexibility index (Phi) is 6.35. The Balaban J connectivity index is 1.73. The number of thioether (sulfide) groups is 1. The first-order valence-electron chi connectivity index (χ1n) is 8.78. The molecule has 1 aliphatic heterocycles. The molecule has 11 heteroatoms. The van der Waals surface area contributed by atoms with Gasteiger partial charge in [-0.2, -0.15) is 0 Å². The van der Waals surface area contributed by atoms with Crippen LogP contribution in [-0.4, -0.2) is 59.1 Å². The van der Waals surface area contributed by atoms with Gasteiger partial charge in [0.05, 0.1) is 22.7 Å². The minimum Gasteiger partial charge on any atom is -0.453 e. The molecule has 0 aliphatic carbocycles. The highest BCUT2D eigenvalue weighted by molar-refractivity contribution is 7.98. The van der Waals surface area contributed by atoms with Crippen LogP contribution in [0.3, 0.4) is 0 Å². The van der Waals surface area contributed by atoms with Gasteiger partial charge < -0.3 is 9.30 Å². The van der Waals surface area contributed by atoms with Crippen molar-refractivity contribution in [1.82, 2.24) is 14.5 Å². The number of sulfone groups is 1. The summed E-state index contributed by atoms with van der Waals surface area (Å²) in [6.45, 7) is 3.12. The summed E-state index contributed by atoms with van der Waals surface area (Å²) in [5, 5.41) is 0.406. The number of aryl methyl sites for hydroxylation is 1. The molecule has 2 aromatic rings. The van der Waals surface area contributed by atoms with E-state index in [1.807, 2.05) is 11.5 Å². The van der Waals surface area contributed by atoms with Crippen LogP contribution in [0.25, 0.3) is 0 Å². The summed E-state index contributed by atoms with van der Waals surface area (Å²) in [5.41, 5.74) is 1.76. The average molecular weight is 458 g/mol. The van der Waals surface area contributed by atoms with Gasteiger partial charge in [-0.15, -0.1) is 0 Å². The van der Waals surface area contributed by atoms with Gasteiger partial charge >= 0.3 is 5.97 Å². The number of carbonyl (C=O) groups is 2. The van der Waals surface area contributed by atoms with E-state index in [0.717, 1.165) is 5.69 Å². The molecule has 1 aliphatic rings. The molecule has 29 heavy (non-hydrogen) atoms. The molecule has 1 unspecified atom stereocenters. The molecule has 2 aromatic heterocycles. The highest BCUT2D eigenvalue weighted by Crippen LogP contribution is 2.29. The highest BCUT2D eigenvalue weighted by Gasteiger charge is 2.31. The summed E-state index contributed by atoms with van der Waals surface area (Å²) in [5.74, 6) is -0.978. The molecule has 3 heterocycles. The smallest absolute Gasteiger partial charge is 0.359 e. The van der Waals surface area contributed by atoms with Crippen LogP contribution in [0.15, 0.2) is 17.4 Å². The first kappa shape index (κ1) is 21.8. The molecule has 0 saturated carbocycles. The maximum atomic E-state index is 12.6. The Bertz CT molecular complexity index is 1080. The lowest BCUT2D eigenvalue weighted by Crippen LogP contribution is -2.18. The zero-order chi connectivity index (χ0) is 21.3. The number of hydrogen-bond donors (Lipinski definition) is 0. The number of rotatable bonds is 6. The zero-order valence-corrected chi connectivity index (χ0v) is 18.5.